The van der Waals surface area contributed by atoms with Crippen molar-refractivity contribution in [1.29, 1.82) is 0 Å². The van der Waals surface area contributed by atoms with Crippen molar-refractivity contribution in [2.45, 2.75) is 12.8 Å². The number of fused-ring (bicyclic) bond motifs is 15. The summed E-state index contributed by atoms with van der Waals surface area (Å²) in [5.41, 5.74) is 15.9. The van der Waals surface area contributed by atoms with Gasteiger partial charge in [-0.3, -0.25) is 4.40 Å². The number of rotatable bonds is 0. The minimum absolute atomic E-state index is 1.00. The van der Waals surface area contributed by atoms with Crippen molar-refractivity contribution in [3.8, 4) is 22.3 Å². The third-order valence-corrected chi connectivity index (χ3v) is 8.20. The van der Waals surface area contributed by atoms with Crippen molar-refractivity contribution < 1.29 is 0 Å². The Bertz CT molecular complexity index is 2060. The second-order valence-electron chi connectivity index (χ2n) is 9.97. The van der Waals surface area contributed by atoms with E-state index in [1.54, 1.807) is 0 Å². The highest BCUT2D eigenvalue weighted by molar-refractivity contribution is 6.15. The lowest BCUT2D eigenvalue weighted by molar-refractivity contribution is 1.23. The zero-order valence-electron chi connectivity index (χ0n) is 19.0. The number of imidazole rings is 1. The Morgan fingerprint density at radius 3 is 2.34 bits per heavy atom. The Balaban J connectivity index is 1.42. The average molecular weight is 445 g/mol. The van der Waals surface area contributed by atoms with Crippen LogP contribution >= 0.6 is 0 Å². The molecule has 35 heavy (non-hydrogen) atoms. The van der Waals surface area contributed by atoms with Gasteiger partial charge < -0.3 is 0 Å². The molecule has 0 unspecified atom stereocenters. The summed E-state index contributed by atoms with van der Waals surface area (Å²) in [7, 11) is 0. The Morgan fingerprint density at radius 1 is 0.543 bits per heavy atom. The first kappa shape index (κ1) is 18.0. The van der Waals surface area contributed by atoms with E-state index in [9.17, 15) is 0 Å². The van der Waals surface area contributed by atoms with E-state index in [0.29, 0.717) is 0 Å². The maximum absolute atomic E-state index is 5.14. The molecule has 0 atom stereocenters. The standard InChI is InChI=1S/C33H20N2/c1-2-8-22-19(7-1)16-27-23(22)14-13-20-15-21-17-26-24-9-3-5-11-30(24)35-31-12-6-4-10-29(31)34-33(35)28(26)18-25(21)32(20)27/h1-14,17-18H,15-16H2. The summed E-state index contributed by atoms with van der Waals surface area (Å²) < 4.78 is 2.35. The van der Waals surface area contributed by atoms with E-state index in [1.807, 2.05) is 0 Å². The predicted molar refractivity (Wildman–Crippen MR) is 144 cm³/mol. The van der Waals surface area contributed by atoms with Gasteiger partial charge in [0, 0.05) is 10.8 Å². The Morgan fingerprint density at radius 2 is 1.37 bits per heavy atom. The van der Waals surface area contributed by atoms with Crippen LogP contribution in [-0.4, -0.2) is 9.38 Å². The van der Waals surface area contributed by atoms with Crippen molar-refractivity contribution >= 4 is 38.4 Å². The van der Waals surface area contributed by atoms with Crippen LogP contribution in [-0.2, 0) is 12.8 Å². The fraction of sp³-hybridized carbons (Fsp3) is 0.0606. The maximum atomic E-state index is 5.14. The molecule has 0 saturated heterocycles. The Hall–Kier alpha value is -4.43. The van der Waals surface area contributed by atoms with Crippen molar-refractivity contribution in [3.63, 3.8) is 0 Å². The molecule has 2 aliphatic rings. The van der Waals surface area contributed by atoms with Gasteiger partial charge in [0.2, 0.25) is 0 Å². The molecule has 0 aliphatic heterocycles. The van der Waals surface area contributed by atoms with Crippen LogP contribution in [0.5, 0.6) is 0 Å². The minimum Gasteiger partial charge on any atom is -0.292 e. The monoisotopic (exact) mass is 444 g/mol. The molecule has 2 aliphatic carbocycles. The van der Waals surface area contributed by atoms with Crippen LogP contribution in [0.2, 0.25) is 0 Å². The van der Waals surface area contributed by atoms with Gasteiger partial charge in [0.05, 0.1) is 16.6 Å². The number of hydrogen-bond acceptors (Lipinski definition) is 1. The maximum Gasteiger partial charge on any atom is 0.146 e. The molecule has 0 fully saturated rings. The lowest BCUT2D eigenvalue weighted by Crippen LogP contribution is -1.93. The van der Waals surface area contributed by atoms with E-state index in [1.165, 1.54) is 66.2 Å². The van der Waals surface area contributed by atoms with Gasteiger partial charge in [0.1, 0.15) is 5.65 Å². The van der Waals surface area contributed by atoms with Crippen LogP contribution in [0.15, 0.2) is 97.1 Å². The normalized spacial score (nSPS) is 13.5. The van der Waals surface area contributed by atoms with Gasteiger partial charge in [-0.05, 0) is 93.1 Å². The Labute approximate surface area is 202 Å². The van der Waals surface area contributed by atoms with Crippen LogP contribution < -0.4 is 0 Å². The van der Waals surface area contributed by atoms with Gasteiger partial charge in [0.15, 0.2) is 0 Å². The molecule has 0 saturated carbocycles. The molecule has 5 aromatic carbocycles. The van der Waals surface area contributed by atoms with E-state index < -0.39 is 0 Å². The highest BCUT2D eigenvalue weighted by Crippen LogP contribution is 2.49. The van der Waals surface area contributed by atoms with Crippen molar-refractivity contribution in [2.24, 2.45) is 0 Å². The minimum atomic E-state index is 1.00. The quantitative estimate of drug-likeness (QED) is 0.217. The first-order valence-electron chi connectivity index (χ1n) is 12.3. The topological polar surface area (TPSA) is 17.3 Å². The number of para-hydroxylation sites is 3. The summed E-state index contributed by atoms with van der Waals surface area (Å²) in [5, 5.41) is 3.82. The number of aromatic nitrogens is 2. The zero-order chi connectivity index (χ0) is 22.7. The molecule has 7 aromatic rings. The lowest BCUT2D eigenvalue weighted by Gasteiger charge is -2.13. The smallest absolute Gasteiger partial charge is 0.146 e. The summed E-state index contributed by atoms with van der Waals surface area (Å²) in [5.74, 6) is 0. The van der Waals surface area contributed by atoms with Crippen molar-refractivity contribution in [3.05, 3.63) is 119 Å². The zero-order valence-corrected chi connectivity index (χ0v) is 19.0. The fourth-order valence-electron chi connectivity index (χ4n) is 6.73. The molecule has 162 valence electrons. The summed E-state index contributed by atoms with van der Waals surface area (Å²) in [6.07, 6.45) is 2.02. The lowest BCUT2D eigenvalue weighted by atomic mass is 9.93. The molecular formula is C33H20N2. The van der Waals surface area contributed by atoms with E-state index in [-0.39, 0.29) is 0 Å². The number of pyridine rings is 1. The highest BCUT2D eigenvalue weighted by atomic mass is 15.0. The fourth-order valence-corrected chi connectivity index (χ4v) is 6.73. The molecule has 0 spiro atoms. The Kier molecular flexibility index (Phi) is 3.16. The molecule has 2 nitrogen and oxygen atoms in total. The third-order valence-electron chi connectivity index (χ3n) is 8.20. The summed E-state index contributed by atoms with van der Waals surface area (Å²) in [6.45, 7) is 0. The van der Waals surface area contributed by atoms with Gasteiger partial charge in [-0.1, -0.05) is 66.7 Å². The van der Waals surface area contributed by atoms with Crippen molar-refractivity contribution in [1.82, 2.24) is 9.38 Å². The number of hydrogen-bond donors (Lipinski definition) is 0. The molecule has 0 bridgehead atoms. The average Bonchev–Trinajstić information content (AvgIpc) is 3.58. The largest absolute Gasteiger partial charge is 0.292 e. The first-order valence-corrected chi connectivity index (χ1v) is 12.3. The molecule has 2 heteroatoms. The third kappa shape index (κ3) is 2.18. The van der Waals surface area contributed by atoms with Crippen LogP contribution in [0.3, 0.4) is 0 Å². The molecule has 2 aromatic heterocycles. The van der Waals surface area contributed by atoms with E-state index >= 15 is 0 Å². The molecule has 0 amide bonds. The summed E-state index contributed by atoms with van der Waals surface area (Å²) in [4.78, 5) is 5.14. The summed E-state index contributed by atoms with van der Waals surface area (Å²) in [6, 6.07) is 35.7. The van der Waals surface area contributed by atoms with E-state index in [2.05, 4.69) is 101 Å². The molecule has 0 radical (unpaired) electrons. The van der Waals surface area contributed by atoms with E-state index in [0.717, 1.165) is 29.5 Å². The predicted octanol–water partition coefficient (Wildman–Crippen LogP) is 7.94. The molecule has 2 heterocycles. The van der Waals surface area contributed by atoms with Gasteiger partial charge in [-0.25, -0.2) is 4.98 Å². The second kappa shape index (κ2) is 6.17. The number of nitrogens with zero attached hydrogens (tertiary/aromatic N) is 2. The first-order chi connectivity index (χ1) is 17.3. The van der Waals surface area contributed by atoms with Gasteiger partial charge in [0.25, 0.3) is 0 Å². The van der Waals surface area contributed by atoms with Crippen LogP contribution in [0.25, 0.3) is 60.6 Å². The second-order valence-corrected chi connectivity index (χ2v) is 9.97. The molecular weight excluding hydrogens is 424 g/mol. The van der Waals surface area contributed by atoms with Crippen molar-refractivity contribution in [2.75, 3.05) is 0 Å². The molecule has 0 N–H and O–H groups in total. The summed E-state index contributed by atoms with van der Waals surface area (Å²) >= 11 is 0. The van der Waals surface area contributed by atoms with Crippen LogP contribution in [0, 0.1) is 0 Å². The highest BCUT2D eigenvalue weighted by Gasteiger charge is 2.29. The number of benzene rings is 5. The van der Waals surface area contributed by atoms with Crippen LogP contribution in [0.4, 0.5) is 0 Å². The van der Waals surface area contributed by atoms with Gasteiger partial charge in [-0.2, -0.15) is 0 Å². The van der Waals surface area contributed by atoms with Gasteiger partial charge in [-0.15, -0.1) is 0 Å². The van der Waals surface area contributed by atoms with E-state index in [4.69, 9.17) is 4.98 Å². The van der Waals surface area contributed by atoms with Crippen LogP contribution in [0.1, 0.15) is 22.3 Å². The SMILES string of the molecule is c1ccc2c(c1)Cc1c-2ccc2c1-c1cc3c(cc1C2)c1ccccc1n1c2ccccc2nc31. The van der Waals surface area contributed by atoms with Gasteiger partial charge >= 0.3 is 0 Å². The molecule has 9 rings (SSSR count).